The van der Waals surface area contributed by atoms with E-state index in [1.807, 2.05) is 19.1 Å². The molecule has 2 rings (SSSR count). The Bertz CT molecular complexity index is 707. The number of hydrogen-bond donors (Lipinski definition) is 1. The molecule has 2 aromatic rings. The van der Waals surface area contributed by atoms with Gasteiger partial charge in [-0.15, -0.1) is 11.3 Å². The zero-order valence-corrected chi connectivity index (χ0v) is 14.4. The molecule has 1 unspecified atom stereocenters. The van der Waals surface area contributed by atoms with Gasteiger partial charge in [-0.2, -0.15) is 0 Å². The van der Waals surface area contributed by atoms with E-state index in [1.54, 1.807) is 36.6 Å². The van der Waals surface area contributed by atoms with Gasteiger partial charge in [0.2, 0.25) is 0 Å². The fourth-order valence-corrected chi connectivity index (χ4v) is 2.85. The molecule has 5 nitrogen and oxygen atoms in total. The molecule has 0 aliphatic rings. The average molecular weight is 345 g/mol. The quantitative estimate of drug-likeness (QED) is 0.618. The number of carbonyl (C=O) groups is 3. The summed E-state index contributed by atoms with van der Waals surface area (Å²) in [6.07, 6.45) is -0.192. The lowest BCUT2D eigenvalue weighted by molar-refractivity contribution is -0.143. The summed E-state index contributed by atoms with van der Waals surface area (Å²) in [5, 5.41) is 4.42. The van der Waals surface area contributed by atoms with Crippen LogP contribution in [0.15, 0.2) is 41.8 Å². The number of hydrogen-bond acceptors (Lipinski definition) is 5. The number of amides is 1. The lowest BCUT2D eigenvalue weighted by Gasteiger charge is -2.16. The van der Waals surface area contributed by atoms with Gasteiger partial charge in [0.1, 0.15) is 6.04 Å². The van der Waals surface area contributed by atoms with E-state index in [1.165, 1.54) is 11.3 Å². The van der Waals surface area contributed by atoms with Crippen LogP contribution in [-0.2, 0) is 9.53 Å². The highest BCUT2D eigenvalue weighted by molar-refractivity contribution is 7.12. The summed E-state index contributed by atoms with van der Waals surface area (Å²) in [4.78, 5) is 37.2. The molecule has 126 valence electrons. The predicted molar refractivity (Wildman–Crippen MR) is 92.3 cm³/mol. The van der Waals surface area contributed by atoms with Crippen LogP contribution in [0, 0.1) is 6.92 Å². The van der Waals surface area contributed by atoms with Crippen molar-refractivity contribution in [2.24, 2.45) is 0 Å². The first-order valence-electron chi connectivity index (χ1n) is 7.62. The minimum absolute atomic E-state index is 0.192. The number of Topliss-reactive ketones (excluding diaryl/α,β-unsaturated/α-hetero) is 1. The molecule has 1 amide bonds. The highest BCUT2D eigenvalue weighted by Gasteiger charge is 2.26. The average Bonchev–Trinajstić information content (AvgIpc) is 3.08. The van der Waals surface area contributed by atoms with E-state index in [0.717, 1.165) is 5.56 Å². The molecule has 0 spiro atoms. The molecule has 1 aromatic carbocycles. The Kier molecular flexibility index (Phi) is 6.26. The summed E-state index contributed by atoms with van der Waals surface area (Å²) in [5.74, 6) is -1.20. The number of ether oxygens (including phenoxy) is 1. The number of esters is 1. The van der Waals surface area contributed by atoms with Crippen molar-refractivity contribution in [3.05, 3.63) is 57.8 Å². The van der Waals surface area contributed by atoms with Gasteiger partial charge in [-0.3, -0.25) is 14.4 Å². The zero-order chi connectivity index (χ0) is 17.5. The predicted octanol–water partition coefficient (Wildman–Crippen LogP) is 2.99. The van der Waals surface area contributed by atoms with E-state index >= 15 is 0 Å². The van der Waals surface area contributed by atoms with Gasteiger partial charge in [0.15, 0.2) is 5.78 Å². The van der Waals surface area contributed by atoms with Gasteiger partial charge in [0.05, 0.1) is 17.9 Å². The van der Waals surface area contributed by atoms with Crippen LogP contribution in [0.25, 0.3) is 0 Å². The normalized spacial score (nSPS) is 11.6. The molecule has 0 aliphatic carbocycles. The molecule has 0 fully saturated rings. The van der Waals surface area contributed by atoms with Gasteiger partial charge in [-0.1, -0.05) is 23.8 Å². The van der Waals surface area contributed by atoms with Crippen molar-refractivity contribution >= 4 is 29.0 Å². The van der Waals surface area contributed by atoms with Gasteiger partial charge >= 0.3 is 5.97 Å². The maximum Gasteiger partial charge on any atom is 0.308 e. The van der Waals surface area contributed by atoms with E-state index in [0.29, 0.717) is 10.4 Å². The van der Waals surface area contributed by atoms with Crippen molar-refractivity contribution < 1.29 is 19.1 Å². The van der Waals surface area contributed by atoms with Gasteiger partial charge in [-0.25, -0.2) is 0 Å². The molecule has 0 radical (unpaired) electrons. The number of carbonyl (C=O) groups excluding carboxylic acids is 3. The molecular weight excluding hydrogens is 326 g/mol. The van der Waals surface area contributed by atoms with Gasteiger partial charge in [-0.05, 0) is 37.4 Å². The molecule has 0 saturated heterocycles. The van der Waals surface area contributed by atoms with E-state index in [9.17, 15) is 14.4 Å². The topological polar surface area (TPSA) is 72.5 Å². The zero-order valence-electron chi connectivity index (χ0n) is 13.6. The van der Waals surface area contributed by atoms with Crippen LogP contribution < -0.4 is 5.32 Å². The van der Waals surface area contributed by atoms with Crippen LogP contribution in [0.1, 0.15) is 38.9 Å². The summed E-state index contributed by atoms with van der Waals surface area (Å²) in [6, 6.07) is 9.47. The Morgan fingerprint density at radius 3 is 2.46 bits per heavy atom. The second-order valence-corrected chi connectivity index (χ2v) is 6.19. The Labute approximate surface area is 144 Å². The number of aryl methyl sites for hydroxylation is 1. The van der Waals surface area contributed by atoms with Crippen molar-refractivity contribution in [1.29, 1.82) is 0 Å². The third-order valence-electron chi connectivity index (χ3n) is 3.38. The maximum absolute atomic E-state index is 12.6. The van der Waals surface area contributed by atoms with E-state index in [2.05, 4.69) is 5.32 Å². The molecule has 1 N–H and O–H groups in total. The smallest absolute Gasteiger partial charge is 0.308 e. The molecule has 1 heterocycles. The van der Waals surface area contributed by atoms with Crippen LogP contribution in [0.2, 0.25) is 0 Å². The molecule has 24 heavy (non-hydrogen) atoms. The summed E-state index contributed by atoms with van der Waals surface area (Å²) < 4.78 is 4.90. The number of ketones is 1. The first kappa shape index (κ1) is 17.9. The standard InChI is InChI=1S/C18H19NO4S/c1-3-23-16(20)11-14(17(21)15-5-4-10-24-15)19-18(22)13-8-6-12(2)7-9-13/h4-10,14H,3,11H2,1-2H3,(H,19,22). The van der Waals surface area contributed by atoms with Crippen LogP contribution >= 0.6 is 11.3 Å². The fourth-order valence-electron chi connectivity index (χ4n) is 2.13. The first-order chi connectivity index (χ1) is 11.5. The Morgan fingerprint density at radius 2 is 1.88 bits per heavy atom. The van der Waals surface area contributed by atoms with Crippen molar-refractivity contribution in [1.82, 2.24) is 5.32 Å². The lowest BCUT2D eigenvalue weighted by Crippen LogP contribution is -2.42. The third-order valence-corrected chi connectivity index (χ3v) is 4.26. The fraction of sp³-hybridized carbons (Fsp3) is 0.278. The molecule has 1 aromatic heterocycles. The molecule has 0 aliphatic heterocycles. The second-order valence-electron chi connectivity index (χ2n) is 5.24. The third kappa shape index (κ3) is 4.76. The number of benzene rings is 1. The Hall–Kier alpha value is -2.47. The molecule has 0 saturated carbocycles. The highest BCUT2D eigenvalue weighted by Crippen LogP contribution is 2.14. The monoisotopic (exact) mass is 345 g/mol. The van der Waals surface area contributed by atoms with Crippen LogP contribution in [0.4, 0.5) is 0 Å². The highest BCUT2D eigenvalue weighted by atomic mass is 32.1. The number of thiophene rings is 1. The van der Waals surface area contributed by atoms with Crippen LogP contribution in [-0.4, -0.2) is 30.3 Å². The van der Waals surface area contributed by atoms with Crippen molar-refractivity contribution in [2.45, 2.75) is 26.3 Å². The summed E-state index contributed by atoms with van der Waals surface area (Å²) in [6.45, 7) is 3.84. The first-order valence-corrected chi connectivity index (χ1v) is 8.50. The molecular formula is C18H19NO4S. The van der Waals surface area contributed by atoms with E-state index < -0.39 is 17.9 Å². The summed E-state index contributed by atoms with van der Waals surface area (Å²) in [7, 11) is 0. The molecule has 0 bridgehead atoms. The van der Waals surface area contributed by atoms with Gasteiger partial charge < -0.3 is 10.1 Å². The Balaban J connectivity index is 2.15. The van der Waals surface area contributed by atoms with Crippen LogP contribution in [0.5, 0.6) is 0 Å². The molecule has 6 heteroatoms. The second kappa shape index (κ2) is 8.40. The van der Waals surface area contributed by atoms with E-state index in [4.69, 9.17) is 4.74 Å². The maximum atomic E-state index is 12.6. The van der Waals surface area contributed by atoms with E-state index in [-0.39, 0.29) is 18.8 Å². The van der Waals surface area contributed by atoms with Crippen molar-refractivity contribution in [3.63, 3.8) is 0 Å². The largest absolute Gasteiger partial charge is 0.466 e. The summed E-state index contributed by atoms with van der Waals surface area (Å²) >= 11 is 1.27. The number of nitrogens with one attached hydrogen (secondary N) is 1. The minimum Gasteiger partial charge on any atom is -0.466 e. The summed E-state index contributed by atoms with van der Waals surface area (Å²) in [5.41, 5.74) is 1.47. The van der Waals surface area contributed by atoms with Gasteiger partial charge in [0.25, 0.3) is 5.91 Å². The Morgan fingerprint density at radius 1 is 1.17 bits per heavy atom. The van der Waals surface area contributed by atoms with Gasteiger partial charge in [0, 0.05) is 5.56 Å². The van der Waals surface area contributed by atoms with Crippen molar-refractivity contribution in [2.75, 3.05) is 6.61 Å². The minimum atomic E-state index is -0.948. The van der Waals surface area contributed by atoms with Crippen LogP contribution in [0.3, 0.4) is 0 Å². The SMILES string of the molecule is CCOC(=O)CC(NC(=O)c1ccc(C)cc1)C(=O)c1cccs1. The van der Waals surface area contributed by atoms with Crippen molar-refractivity contribution in [3.8, 4) is 0 Å². The lowest BCUT2D eigenvalue weighted by atomic mass is 10.1. The number of rotatable bonds is 7. The molecule has 1 atom stereocenters.